The number of rotatable bonds is 5. The molecule has 0 spiro atoms. The van der Waals surface area contributed by atoms with Crippen LogP contribution >= 0.6 is 0 Å². The lowest BCUT2D eigenvalue weighted by atomic mass is 10.3. The predicted octanol–water partition coefficient (Wildman–Crippen LogP) is 0.984. The van der Waals surface area contributed by atoms with Crippen LogP contribution < -0.4 is 10.5 Å². The van der Waals surface area contributed by atoms with E-state index in [1.807, 2.05) is 0 Å². The third-order valence-corrected chi connectivity index (χ3v) is 2.99. The lowest BCUT2D eigenvalue weighted by Crippen LogP contribution is -2.00. The Hall–Kier alpha value is -1.33. The molecule has 0 fully saturated rings. The monoisotopic (exact) mass is 241 g/mol. The quantitative estimate of drug-likeness (QED) is 0.780. The summed E-state index contributed by atoms with van der Waals surface area (Å²) < 4.78 is 27.9. The van der Waals surface area contributed by atoms with Gasteiger partial charge in [0, 0.05) is 12.8 Å². The fraction of sp³-hybridized carbons (Fsp3) is 0.273. The normalized spacial score (nSPS) is 11.9. The van der Waals surface area contributed by atoms with Crippen LogP contribution in [0.15, 0.2) is 41.3 Å². The van der Waals surface area contributed by atoms with E-state index >= 15 is 0 Å². The van der Waals surface area contributed by atoms with Crippen molar-refractivity contribution in [1.82, 2.24) is 0 Å². The Morgan fingerprint density at radius 2 is 2.12 bits per heavy atom. The molecule has 88 valence electrons. The van der Waals surface area contributed by atoms with Gasteiger partial charge in [-0.25, -0.2) is 8.42 Å². The summed E-state index contributed by atoms with van der Waals surface area (Å²) in [5.41, 5.74) is 5.27. The molecule has 0 saturated heterocycles. The second-order valence-corrected chi connectivity index (χ2v) is 5.28. The van der Waals surface area contributed by atoms with Crippen molar-refractivity contribution in [3.8, 4) is 5.75 Å². The zero-order valence-corrected chi connectivity index (χ0v) is 9.91. The maximum absolute atomic E-state index is 11.3. The number of benzene rings is 1. The fourth-order valence-corrected chi connectivity index (χ4v) is 1.76. The molecule has 0 aromatic heterocycles. The summed E-state index contributed by atoms with van der Waals surface area (Å²) in [4.78, 5) is 0.257. The molecule has 0 saturated carbocycles. The van der Waals surface area contributed by atoms with Crippen molar-refractivity contribution >= 4 is 9.84 Å². The lowest BCUT2D eigenvalue weighted by Gasteiger charge is -2.04. The molecule has 0 amide bonds. The lowest BCUT2D eigenvalue weighted by molar-refractivity contribution is 0.361. The van der Waals surface area contributed by atoms with Crippen molar-refractivity contribution in [2.75, 3.05) is 19.4 Å². The van der Waals surface area contributed by atoms with Gasteiger partial charge in [-0.3, -0.25) is 0 Å². The van der Waals surface area contributed by atoms with Crippen molar-refractivity contribution in [2.45, 2.75) is 4.90 Å². The summed E-state index contributed by atoms with van der Waals surface area (Å²) in [6.45, 7) is 0.844. The van der Waals surface area contributed by atoms with Crippen LogP contribution in [0.5, 0.6) is 5.75 Å². The molecule has 2 N–H and O–H groups in total. The van der Waals surface area contributed by atoms with E-state index in [2.05, 4.69) is 0 Å². The maximum atomic E-state index is 11.3. The number of hydrogen-bond donors (Lipinski definition) is 1. The summed E-state index contributed by atoms with van der Waals surface area (Å²) in [6.07, 6.45) is 4.73. The van der Waals surface area contributed by atoms with Crippen LogP contribution in [0, 0.1) is 0 Å². The van der Waals surface area contributed by atoms with Crippen LogP contribution in [0.3, 0.4) is 0 Å². The smallest absolute Gasteiger partial charge is 0.175 e. The minimum Gasteiger partial charge on any atom is -0.490 e. The molecule has 0 atom stereocenters. The molecule has 0 unspecified atom stereocenters. The summed E-state index contributed by atoms with van der Waals surface area (Å²) in [7, 11) is -3.18. The molecule has 0 radical (unpaired) electrons. The van der Waals surface area contributed by atoms with Crippen molar-refractivity contribution in [3.63, 3.8) is 0 Å². The Kier molecular flexibility index (Phi) is 4.52. The molecule has 1 aromatic carbocycles. The number of sulfone groups is 1. The van der Waals surface area contributed by atoms with Gasteiger partial charge < -0.3 is 10.5 Å². The summed E-state index contributed by atoms with van der Waals surface area (Å²) in [5, 5.41) is 0. The SMILES string of the molecule is CS(=O)(=O)c1cccc(OCC=CCN)c1. The molecule has 16 heavy (non-hydrogen) atoms. The molecule has 0 aliphatic rings. The van der Waals surface area contributed by atoms with Gasteiger partial charge in [0.25, 0.3) is 0 Å². The molecule has 0 aliphatic heterocycles. The zero-order chi connectivity index (χ0) is 12.0. The van der Waals surface area contributed by atoms with Crippen molar-refractivity contribution < 1.29 is 13.2 Å². The van der Waals surface area contributed by atoms with Crippen molar-refractivity contribution in [1.29, 1.82) is 0 Å². The first kappa shape index (κ1) is 12.7. The Balaban J connectivity index is 2.72. The predicted molar refractivity (Wildman–Crippen MR) is 63.2 cm³/mol. The zero-order valence-electron chi connectivity index (χ0n) is 9.09. The fourth-order valence-electron chi connectivity index (χ4n) is 1.10. The van der Waals surface area contributed by atoms with Gasteiger partial charge in [0.2, 0.25) is 0 Å². The first-order chi connectivity index (χ1) is 7.54. The highest BCUT2D eigenvalue weighted by atomic mass is 32.2. The Bertz CT molecular complexity index is 466. The second-order valence-electron chi connectivity index (χ2n) is 3.27. The molecule has 0 aliphatic carbocycles. The van der Waals surface area contributed by atoms with Gasteiger partial charge in [-0.1, -0.05) is 18.2 Å². The van der Waals surface area contributed by atoms with Crippen LogP contribution in [-0.4, -0.2) is 27.8 Å². The molecule has 0 heterocycles. The topological polar surface area (TPSA) is 69.4 Å². The average molecular weight is 241 g/mol. The largest absolute Gasteiger partial charge is 0.490 e. The standard InChI is InChI=1S/C11H15NO3S/c1-16(13,14)11-6-4-5-10(9-11)15-8-3-2-7-12/h2-6,9H,7-8,12H2,1H3. The van der Waals surface area contributed by atoms with E-state index in [4.69, 9.17) is 10.5 Å². The van der Waals surface area contributed by atoms with E-state index in [9.17, 15) is 8.42 Å². The van der Waals surface area contributed by atoms with Crippen LogP contribution in [-0.2, 0) is 9.84 Å². The molecule has 4 nitrogen and oxygen atoms in total. The first-order valence-electron chi connectivity index (χ1n) is 4.82. The Morgan fingerprint density at radius 1 is 1.38 bits per heavy atom. The van der Waals surface area contributed by atoms with Gasteiger partial charge in [-0.05, 0) is 18.2 Å². The summed E-state index contributed by atoms with van der Waals surface area (Å²) in [5.74, 6) is 0.532. The van der Waals surface area contributed by atoms with Gasteiger partial charge in [-0.2, -0.15) is 0 Å². The second kappa shape index (κ2) is 5.67. The molecule has 1 aromatic rings. The van der Waals surface area contributed by atoms with Crippen LogP contribution in [0.2, 0.25) is 0 Å². The molecule has 0 bridgehead atoms. The van der Waals surface area contributed by atoms with E-state index in [-0.39, 0.29) is 4.90 Å². The van der Waals surface area contributed by atoms with Gasteiger partial charge in [-0.15, -0.1) is 0 Å². The Morgan fingerprint density at radius 3 is 2.75 bits per heavy atom. The third kappa shape index (κ3) is 4.04. The van der Waals surface area contributed by atoms with Gasteiger partial charge in [0.15, 0.2) is 9.84 Å². The average Bonchev–Trinajstić information content (AvgIpc) is 2.24. The summed E-state index contributed by atoms with van der Waals surface area (Å²) >= 11 is 0. The van der Waals surface area contributed by atoms with E-state index in [1.165, 1.54) is 18.4 Å². The number of hydrogen-bond acceptors (Lipinski definition) is 4. The van der Waals surface area contributed by atoms with Crippen molar-refractivity contribution in [3.05, 3.63) is 36.4 Å². The minimum atomic E-state index is -3.18. The Labute approximate surface area is 95.6 Å². The van der Waals surface area contributed by atoms with Gasteiger partial charge in [0.05, 0.1) is 4.90 Å². The highest BCUT2D eigenvalue weighted by molar-refractivity contribution is 7.90. The molecular weight excluding hydrogens is 226 g/mol. The van der Waals surface area contributed by atoms with E-state index < -0.39 is 9.84 Å². The highest BCUT2D eigenvalue weighted by Crippen LogP contribution is 2.17. The number of ether oxygens (including phenoxy) is 1. The van der Waals surface area contributed by atoms with Crippen LogP contribution in [0.25, 0.3) is 0 Å². The van der Waals surface area contributed by atoms with E-state index in [1.54, 1.807) is 24.3 Å². The van der Waals surface area contributed by atoms with Gasteiger partial charge in [0.1, 0.15) is 12.4 Å². The van der Waals surface area contributed by atoms with Crippen LogP contribution in [0.1, 0.15) is 0 Å². The minimum absolute atomic E-state index is 0.257. The molecule has 1 rings (SSSR count). The van der Waals surface area contributed by atoms with Crippen LogP contribution in [0.4, 0.5) is 0 Å². The highest BCUT2D eigenvalue weighted by Gasteiger charge is 2.07. The van der Waals surface area contributed by atoms with Gasteiger partial charge >= 0.3 is 0 Å². The van der Waals surface area contributed by atoms with Crippen molar-refractivity contribution in [2.24, 2.45) is 5.73 Å². The first-order valence-corrected chi connectivity index (χ1v) is 6.71. The molecule has 5 heteroatoms. The summed E-state index contributed by atoms with van der Waals surface area (Å²) in [6, 6.07) is 6.41. The number of nitrogens with two attached hydrogens (primary N) is 1. The maximum Gasteiger partial charge on any atom is 0.175 e. The van der Waals surface area contributed by atoms with E-state index in [0.717, 1.165) is 0 Å². The molecular formula is C11H15NO3S. The third-order valence-electron chi connectivity index (χ3n) is 1.88. The van der Waals surface area contributed by atoms with E-state index in [0.29, 0.717) is 18.9 Å².